The monoisotopic (exact) mass is 289 g/mol. The molecule has 0 saturated carbocycles. The summed E-state index contributed by atoms with van der Waals surface area (Å²) in [4.78, 5) is 4.94. The van der Waals surface area contributed by atoms with Crippen molar-refractivity contribution in [1.29, 1.82) is 0 Å². The molecule has 21 heavy (non-hydrogen) atoms. The van der Waals surface area contributed by atoms with Gasteiger partial charge in [-0.3, -0.25) is 4.90 Å². The Bertz CT molecular complexity index is 427. The molecule has 0 amide bonds. The minimum atomic E-state index is 0.0796. The Balaban J connectivity index is 2.02. The second-order valence-electron chi connectivity index (χ2n) is 7.41. The molecule has 2 unspecified atom stereocenters. The van der Waals surface area contributed by atoms with E-state index in [4.69, 9.17) is 5.73 Å². The highest BCUT2D eigenvalue weighted by atomic mass is 15.2. The predicted molar refractivity (Wildman–Crippen MR) is 90.3 cm³/mol. The summed E-state index contributed by atoms with van der Waals surface area (Å²) in [6, 6.07) is 11.3. The highest BCUT2D eigenvalue weighted by molar-refractivity contribution is 5.20. The summed E-state index contributed by atoms with van der Waals surface area (Å²) in [5, 5.41) is 0. The summed E-state index contributed by atoms with van der Waals surface area (Å²) in [5.74, 6) is 0. The van der Waals surface area contributed by atoms with Crippen molar-refractivity contribution in [3.63, 3.8) is 0 Å². The van der Waals surface area contributed by atoms with Crippen LogP contribution in [0.1, 0.15) is 38.3 Å². The first-order chi connectivity index (χ1) is 9.90. The van der Waals surface area contributed by atoms with Crippen LogP contribution in [-0.2, 0) is 0 Å². The number of nitrogens with two attached hydrogens (primary N) is 1. The molecule has 1 aromatic carbocycles. The minimum Gasteiger partial charge on any atom is -0.323 e. The van der Waals surface area contributed by atoms with E-state index in [0.717, 1.165) is 13.1 Å². The molecule has 1 aromatic rings. The van der Waals surface area contributed by atoms with Crippen LogP contribution >= 0.6 is 0 Å². The summed E-state index contributed by atoms with van der Waals surface area (Å²) in [5.41, 5.74) is 7.88. The molecular formula is C18H31N3. The van der Waals surface area contributed by atoms with Crippen molar-refractivity contribution in [2.24, 2.45) is 11.1 Å². The standard InChI is InChI=1S/C18H31N3/c1-18(2,17(19)15-9-6-5-7-10-15)14-21-12-8-11-16(21)13-20(3)4/h5-7,9-10,16-17H,8,11-14,19H2,1-4H3. The predicted octanol–water partition coefficient (Wildman–Crippen LogP) is 2.74. The molecule has 2 N–H and O–H groups in total. The van der Waals surface area contributed by atoms with E-state index in [2.05, 4.69) is 68.1 Å². The molecule has 0 bridgehead atoms. The van der Waals surface area contributed by atoms with Crippen LogP contribution in [0.4, 0.5) is 0 Å². The van der Waals surface area contributed by atoms with E-state index in [1.807, 2.05) is 0 Å². The highest BCUT2D eigenvalue weighted by Gasteiger charge is 2.34. The van der Waals surface area contributed by atoms with Crippen LogP contribution in [0.2, 0.25) is 0 Å². The molecule has 1 heterocycles. The Morgan fingerprint density at radius 1 is 1.29 bits per heavy atom. The lowest BCUT2D eigenvalue weighted by molar-refractivity contribution is 0.126. The van der Waals surface area contributed by atoms with Gasteiger partial charge in [0, 0.05) is 25.2 Å². The molecule has 0 spiro atoms. The molecule has 1 aliphatic heterocycles. The zero-order valence-electron chi connectivity index (χ0n) is 14.0. The van der Waals surface area contributed by atoms with E-state index in [0.29, 0.717) is 6.04 Å². The van der Waals surface area contributed by atoms with Crippen LogP contribution in [0, 0.1) is 5.41 Å². The molecule has 3 heteroatoms. The first-order valence-corrected chi connectivity index (χ1v) is 8.09. The summed E-state index contributed by atoms with van der Waals surface area (Å²) >= 11 is 0. The van der Waals surface area contributed by atoms with E-state index in [-0.39, 0.29) is 11.5 Å². The first kappa shape index (κ1) is 16.5. The summed E-state index contributed by atoms with van der Waals surface area (Å²) in [6.07, 6.45) is 2.63. The second-order valence-corrected chi connectivity index (χ2v) is 7.41. The van der Waals surface area contributed by atoms with E-state index in [1.165, 1.54) is 24.9 Å². The van der Waals surface area contributed by atoms with Crippen molar-refractivity contribution >= 4 is 0 Å². The largest absolute Gasteiger partial charge is 0.323 e. The molecule has 2 rings (SSSR count). The molecule has 1 fully saturated rings. The summed E-state index contributed by atoms with van der Waals surface area (Å²) in [6.45, 7) is 8.03. The molecule has 0 radical (unpaired) electrons. The van der Waals surface area contributed by atoms with Gasteiger partial charge in [0.2, 0.25) is 0 Å². The van der Waals surface area contributed by atoms with Crippen LogP contribution in [0.5, 0.6) is 0 Å². The van der Waals surface area contributed by atoms with Crippen molar-refractivity contribution in [2.45, 2.75) is 38.8 Å². The van der Waals surface area contributed by atoms with Gasteiger partial charge in [0.25, 0.3) is 0 Å². The van der Waals surface area contributed by atoms with Crippen molar-refractivity contribution in [1.82, 2.24) is 9.80 Å². The minimum absolute atomic E-state index is 0.0796. The maximum absolute atomic E-state index is 6.56. The lowest BCUT2D eigenvalue weighted by atomic mass is 9.80. The van der Waals surface area contributed by atoms with Gasteiger partial charge in [-0.15, -0.1) is 0 Å². The van der Waals surface area contributed by atoms with Gasteiger partial charge in [-0.05, 0) is 44.5 Å². The van der Waals surface area contributed by atoms with Crippen LogP contribution < -0.4 is 5.73 Å². The summed E-state index contributed by atoms with van der Waals surface area (Å²) < 4.78 is 0. The molecule has 3 nitrogen and oxygen atoms in total. The van der Waals surface area contributed by atoms with Gasteiger partial charge in [0.1, 0.15) is 0 Å². The maximum atomic E-state index is 6.56. The fraction of sp³-hybridized carbons (Fsp3) is 0.667. The van der Waals surface area contributed by atoms with E-state index in [9.17, 15) is 0 Å². The van der Waals surface area contributed by atoms with Crippen molar-refractivity contribution in [3.05, 3.63) is 35.9 Å². The highest BCUT2D eigenvalue weighted by Crippen LogP contribution is 2.34. The SMILES string of the molecule is CN(C)CC1CCCN1CC(C)(C)C(N)c1ccccc1. The smallest absolute Gasteiger partial charge is 0.0359 e. The third-order valence-electron chi connectivity index (χ3n) is 4.69. The summed E-state index contributed by atoms with van der Waals surface area (Å²) in [7, 11) is 4.33. The van der Waals surface area contributed by atoms with Crippen LogP contribution in [0.15, 0.2) is 30.3 Å². The number of likely N-dealkylation sites (N-methyl/N-ethyl adjacent to an activating group) is 1. The lowest BCUT2D eigenvalue weighted by Gasteiger charge is -2.38. The second kappa shape index (κ2) is 6.91. The van der Waals surface area contributed by atoms with Gasteiger partial charge in [-0.25, -0.2) is 0 Å². The van der Waals surface area contributed by atoms with E-state index < -0.39 is 0 Å². The van der Waals surface area contributed by atoms with Gasteiger partial charge in [-0.2, -0.15) is 0 Å². The molecule has 1 saturated heterocycles. The third-order valence-corrected chi connectivity index (χ3v) is 4.69. The van der Waals surface area contributed by atoms with Crippen LogP contribution in [0.3, 0.4) is 0 Å². The Hall–Kier alpha value is -0.900. The maximum Gasteiger partial charge on any atom is 0.0359 e. The van der Waals surface area contributed by atoms with E-state index in [1.54, 1.807) is 0 Å². The van der Waals surface area contributed by atoms with Crippen LogP contribution in [0.25, 0.3) is 0 Å². The van der Waals surface area contributed by atoms with E-state index >= 15 is 0 Å². The van der Waals surface area contributed by atoms with Gasteiger partial charge in [0.05, 0.1) is 0 Å². The fourth-order valence-corrected chi connectivity index (χ4v) is 3.46. The quantitative estimate of drug-likeness (QED) is 0.874. The Kier molecular flexibility index (Phi) is 5.42. The zero-order valence-corrected chi connectivity index (χ0v) is 14.0. The third kappa shape index (κ3) is 4.29. The average molecular weight is 289 g/mol. The van der Waals surface area contributed by atoms with Gasteiger partial charge in [-0.1, -0.05) is 44.2 Å². The van der Waals surface area contributed by atoms with Crippen molar-refractivity contribution < 1.29 is 0 Å². The number of benzene rings is 1. The lowest BCUT2D eigenvalue weighted by Crippen LogP contribution is -2.45. The van der Waals surface area contributed by atoms with Crippen LogP contribution in [-0.4, -0.2) is 49.6 Å². The van der Waals surface area contributed by atoms with Gasteiger partial charge in [0.15, 0.2) is 0 Å². The average Bonchev–Trinajstić information content (AvgIpc) is 2.84. The molecule has 118 valence electrons. The van der Waals surface area contributed by atoms with Crippen molar-refractivity contribution in [2.75, 3.05) is 33.7 Å². The Labute approximate surface area is 130 Å². The van der Waals surface area contributed by atoms with Gasteiger partial charge < -0.3 is 10.6 Å². The normalized spacial score (nSPS) is 21.9. The zero-order chi connectivity index (χ0) is 15.5. The Morgan fingerprint density at radius 2 is 1.95 bits per heavy atom. The molecular weight excluding hydrogens is 258 g/mol. The number of hydrogen-bond donors (Lipinski definition) is 1. The molecule has 0 aliphatic carbocycles. The van der Waals surface area contributed by atoms with Crippen molar-refractivity contribution in [3.8, 4) is 0 Å². The first-order valence-electron chi connectivity index (χ1n) is 8.09. The number of nitrogens with zero attached hydrogens (tertiary/aromatic N) is 2. The topological polar surface area (TPSA) is 32.5 Å². The fourth-order valence-electron chi connectivity index (χ4n) is 3.46. The molecule has 2 atom stereocenters. The number of likely N-dealkylation sites (tertiary alicyclic amines) is 1. The van der Waals surface area contributed by atoms with Gasteiger partial charge >= 0.3 is 0 Å². The molecule has 1 aliphatic rings. The Morgan fingerprint density at radius 3 is 2.57 bits per heavy atom. The number of hydrogen-bond acceptors (Lipinski definition) is 3. The number of rotatable bonds is 6. The molecule has 0 aromatic heterocycles.